The zero-order valence-corrected chi connectivity index (χ0v) is 12.4. The number of urea groups is 1. The topological polar surface area (TPSA) is 78.9 Å². The Hall–Kier alpha value is -1.30. The van der Waals surface area contributed by atoms with Gasteiger partial charge in [0, 0.05) is 25.1 Å². The highest BCUT2D eigenvalue weighted by atomic mass is 16.5. The van der Waals surface area contributed by atoms with Crippen LogP contribution in [0.4, 0.5) is 4.79 Å². The molecule has 0 spiro atoms. The normalized spacial score (nSPS) is 32.4. The molecule has 2 amide bonds. The summed E-state index contributed by atoms with van der Waals surface area (Å²) in [7, 11) is 1.68. The first-order valence-electron chi connectivity index (χ1n) is 7.20. The number of nitrogens with one attached hydrogen (secondary N) is 1. The number of piperidine rings is 1. The number of carboxylic acids is 1. The van der Waals surface area contributed by atoms with E-state index in [0.717, 1.165) is 19.3 Å². The number of rotatable bonds is 3. The fraction of sp³-hybridized carbons (Fsp3) is 0.857. The third kappa shape index (κ3) is 2.61. The van der Waals surface area contributed by atoms with Crippen LogP contribution in [-0.4, -0.2) is 53.8 Å². The Morgan fingerprint density at radius 2 is 2.05 bits per heavy atom. The average Bonchev–Trinajstić information content (AvgIpc) is 2.42. The number of carbonyl (C=O) groups excluding carboxylic acids is 1. The standard InChI is InChI=1S/C14H24N2O4/c1-14(2)10(8-11(14)20-3)15-13(19)16-7-5-4-6-9(16)12(17)18/h9-11H,4-8H2,1-3H3,(H,15,19)(H,17,18). The van der Waals surface area contributed by atoms with Gasteiger partial charge >= 0.3 is 12.0 Å². The summed E-state index contributed by atoms with van der Waals surface area (Å²) in [6.07, 6.45) is 3.19. The van der Waals surface area contributed by atoms with Gasteiger partial charge < -0.3 is 20.1 Å². The number of likely N-dealkylation sites (tertiary alicyclic amines) is 1. The van der Waals surface area contributed by atoms with Gasteiger partial charge in [0.2, 0.25) is 0 Å². The van der Waals surface area contributed by atoms with Gasteiger partial charge in [0.1, 0.15) is 6.04 Å². The summed E-state index contributed by atoms with van der Waals surface area (Å²) in [5.41, 5.74) is -0.112. The molecule has 0 aromatic rings. The van der Waals surface area contributed by atoms with Gasteiger partial charge in [0.15, 0.2) is 0 Å². The van der Waals surface area contributed by atoms with Crippen molar-refractivity contribution in [2.45, 2.75) is 57.7 Å². The molecule has 1 aliphatic heterocycles. The number of methoxy groups -OCH3 is 1. The van der Waals surface area contributed by atoms with E-state index in [1.165, 1.54) is 4.90 Å². The Morgan fingerprint density at radius 1 is 1.35 bits per heavy atom. The molecule has 3 unspecified atom stereocenters. The molecule has 6 heteroatoms. The van der Waals surface area contributed by atoms with Gasteiger partial charge in [-0.05, 0) is 25.7 Å². The zero-order chi connectivity index (χ0) is 14.9. The van der Waals surface area contributed by atoms with Gasteiger partial charge in [-0.15, -0.1) is 0 Å². The van der Waals surface area contributed by atoms with Crippen LogP contribution in [0.15, 0.2) is 0 Å². The number of amides is 2. The van der Waals surface area contributed by atoms with Crippen LogP contribution in [0.5, 0.6) is 0 Å². The third-order valence-electron chi connectivity index (χ3n) is 4.81. The molecule has 0 aromatic heterocycles. The van der Waals surface area contributed by atoms with Crippen LogP contribution in [0.2, 0.25) is 0 Å². The second-order valence-corrected chi connectivity index (χ2v) is 6.33. The van der Waals surface area contributed by atoms with Gasteiger partial charge in [-0.3, -0.25) is 0 Å². The van der Waals surface area contributed by atoms with E-state index in [2.05, 4.69) is 19.2 Å². The molecular formula is C14H24N2O4. The Kier molecular flexibility index (Phi) is 4.22. The van der Waals surface area contributed by atoms with Gasteiger partial charge in [0.05, 0.1) is 6.10 Å². The maximum atomic E-state index is 12.3. The second kappa shape index (κ2) is 5.60. The van der Waals surface area contributed by atoms with Crippen molar-refractivity contribution in [2.75, 3.05) is 13.7 Å². The highest BCUT2D eigenvalue weighted by molar-refractivity contribution is 5.83. The lowest BCUT2D eigenvalue weighted by Gasteiger charge is -2.51. The number of aliphatic carboxylic acids is 1. The lowest BCUT2D eigenvalue weighted by atomic mass is 9.64. The molecule has 2 aliphatic rings. The van der Waals surface area contributed by atoms with E-state index in [1.54, 1.807) is 7.11 Å². The number of carbonyl (C=O) groups is 2. The fourth-order valence-electron chi connectivity index (χ4n) is 3.19. The summed E-state index contributed by atoms with van der Waals surface area (Å²) in [5, 5.41) is 12.2. The Morgan fingerprint density at radius 3 is 2.60 bits per heavy atom. The highest BCUT2D eigenvalue weighted by Gasteiger charge is 2.50. The number of ether oxygens (including phenoxy) is 1. The van der Waals surface area contributed by atoms with E-state index in [9.17, 15) is 14.7 Å². The summed E-state index contributed by atoms with van der Waals surface area (Å²) < 4.78 is 5.36. The molecule has 1 heterocycles. The first-order valence-corrected chi connectivity index (χ1v) is 7.20. The van der Waals surface area contributed by atoms with Gasteiger partial charge in [-0.25, -0.2) is 9.59 Å². The molecule has 1 saturated heterocycles. The minimum atomic E-state index is -0.914. The molecule has 1 aliphatic carbocycles. The third-order valence-corrected chi connectivity index (χ3v) is 4.81. The van der Waals surface area contributed by atoms with Crippen LogP contribution in [0.25, 0.3) is 0 Å². The molecule has 20 heavy (non-hydrogen) atoms. The van der Waals surface area contributed by atoms with Crippen molar-refractivity contribution in [2.24, 2.45) is 5.41 Å². The molecule has 2 N–H and O–H groups in total. The highest BCUT2D eigenvalue weighted by Crippen LogP contribution is 2.42. The minimum Gasteiger partial charge on any atom is -0.480 e. The summed E-state index contributed by atoms with van der Waals surface area (Å²) in [4.78, 5) is 25.0. The molecule has 2 fully saturated rings. The van der Waals surface area contributed by atoms with E-state index in [4.69, 9.17) is 4.74 Å². The van der Waals surface area contributed by atoms with E-state index in [0.29, 0.717) is 13.0 Å². The monoisotopic (exact) mass is 284 g/mol. The molecule has 1 saturated carbocycles. The predicted octanol–water partition coefficient (Wildman–Crippen LogP) is 1.45. The Labute approximate surface area is 119 Å². The fourth-order valence-corrected chi connectivity index (χ4v) is 3.19. The molecule has 3 atom stereocenters. The maximum absolute atomic E-state index is 12.3. The maximum Gasteiger partial charge on any atom is 0.326 e. The second-order valence-electron chi connectivity index (χ2n) is 6.33. The molecule has 2 rings (SSSR count). The molecule has 0 aromatic carbocycles. The van der Waals surface area contributed by atoms with Crippen LogP contribution >= 0.6 is 0 Å². The molecule has 0 bridgehead atoms. The van der Waals surface area contributed by atoms with Crippen molar-refractivity contribution < 1.29 is 19.4 Å². The number of nitrogens with zero attached hydrogens (tertiary/aromatic N) is 1. The predicted molar refractivity (Wildman–Crippen MR) is 73.5 cm³/mol. The molecule has 0 radical (unpaired) electrons. The minimum absolute atomic E-state index is 0.0383. The van der Waals surface area contributed by atoms with Crippen LogP contribution in [0.3, 0.4) is 0 Å². The van der Waals surface area contributed by atoms with Crippen LogP contribution in [0.1, 0.15) is 39.5 Å². The van der Waals surface area contributed by atoms with E-state index in [1.807, 2.05) is 0 Å². The molecular weight excluding hydrogens is 260 g/mol. The first kappa shape index (κ1) is 15.1. The van der Waals surface area contributed by atoms with E-state index in [-0.39, 0.29) is 23.6 Å². The van der Waals surface area contributed by atoms with Crippen molar-refractivity contribution >= 4 is 12.0 Å². The smallest absolute Gasteiger partial charge is 0.326 e. The first-order chi connectivity index (χ1) is 9.37. The summed E-state index contributed by atoms with van der Waals surface area (Å²) in [6.45, 7) is 4.63. The van der Waals surface area contributed by atoms with E-state index < -0.39 is 12.0 Å². The van der Waals surface area contributed by atoms with Crippen molar-refractivity contribution in [1.82, 2.24) is 10.2 Å². The molecule has 114 valence electrons. The van der Waals surface area contributed by atoms with Crippen molar-refractivity contribution in [3.05, 3.63) is 0 Å². The number of carboxylic acid groups (broad SMARTS) is 1. The Bertz CT molecular complexity index is 397. The van der Waals surface area contributed by atoms with Gasteiger partial charge in [0.25, 0.3) is 0 Å². The Balaban J connectivity index is 1.96. The van der Waals surface area contributed by atoms with Gasteiger partial charge in [-0.2, -0.15) is 0 Å². The van der Waals surface area contributed by atoms with Crippen molar-refractivity contribution in [3.63, 3.8) is 0 Å². The summed E-state index contributed by atoms with van der Waals surface area (Å²) >= 11 is 0. The van der Waals surface area contributed by atoms with Gasteiger partial charge in [-0.1, -0.05) is 13.8 Å². The van der Waals surface area contributed by atoms with Crippen LogP contribution < -0.4 is 5.32 Å². The van der Waals surface area contributed by atoms with E-state index >= 15 is 0 Å². The lowest BCUT2D eigenvalue weighted by Crippen LogP contribution is -2.64. The van der Waals surface area contributed by atoms with Crippen molar-refractivity contribution in [3.8, 4) is 0 Å². The number of hydrogen-bond donors (Lipinski definition) is 2. The largest absolute Gasteiger partial charge is 0.480 e. The lowest BCUT2D eigenvalue weighted by molar-refractivity contribution is -0.143. The SMILES string of the molecule is COC1CC(NC(=O)N2CCCCC2C(=O)O)C1(C)C. The van der Waals surface area contributed by atoms with Crippen LogP contribution in [-0.2, 0) is 9.53 Å². The zero-order valence-electron chi connectivity index (χ0n) is 12.4. The molecule has 6 nitrogen and oxygen atoms in total. The summed E-state index contributed by atoms with van der Waals surface area (Å²) in [5.74, 6) is -0.914. The summed E-state index contributed by atoms with van der Waals surface area (Å²) in [6, 6.07) is -0.911. The number of hydrogen-bond acceptors (Lipinski definition) is 3. The van der Waals surface area contributed by atoms with Crippen molar-refractivity contribution in [1.29, 1.82) is 0 Å². The average molecular weight is 284 g/mol. The van der Waals surface area contributed by atoms with Crippen LogP contribution in [0, 0.1) is 5.41 Å². The quantitative estimate of drug-likeness (QED) is 0.822.